The van der Waals surface area contributed by atoms with E-state index >= 15 is 0 Å². The third-order valence-electron chi connectivity index (χ3n) is 6.83. The standard InChI is InChI=1S/C22H27N7O2.ClH/c1-27-19-5-3-2-4-17(19)18(25-27)14-28-9-6-22(15-28)7-10-29(11-8-22)21-23-12-16(13-24-21)20(30)26-31;/h2-5,12-13,31H,6-11,14-15H2,1H3,(H,26,30);1H. The maximum absolute atomic E-state index is 11.4. The maximum atomic E-state index is 11.4. The largest absolute Gasteiger partial charge is 0.341 e. The van der Waals surface area contributed by atoms with Gasteiger partial charge in [-0.25, -0.2) is 15.4 Å². The van der Waals surface area contributed by atoms with Crippen molar-refractivity contribution in [1.29, 1.82) is 0 Å². The minimum Gasteiger partial charge on any atom is -0.341 e. The molecule has 2 N–H and O–H groups in total. The number of carbonyl (C=O) groups excluding carboxylic acids is 1. The minimum absolute atomic E-state index is 0. The van der Waals surface area contributed by atoms with Crippen LogP contribution in [0.3, 0.4) is 0 Å². The number of benzene rings is 1. The zero-order chi connectivity index (χ0) is 21.4. The monoisotopic (exact) mass is 457 g/mol. The third kappa shape index (κ3) is 4.15. The Hall–Kier alpha value is -2.75. The number of nitrogens with one attached hydrogen (secondary N) is 1. The normalized spacial score (nSPS) is 18.1. The zero-order valence-corrected chi connectivity index (χ0v) is 18.9. The average molecular weight is 458 g/mol. The summed E-state index contributed by atoms with van der Waals surface area (Å²) in [5.41, 5.74) is 4.53. The van der Waals surface area contributed by atoms with Crippen LogP contribution in [-0.4, -0.2) is 61.9 Å². The van der Waals surface area contributed by atoms with Crippen molar-refractivity contribution in [3.63, 3.8) is 0 Å². The van der Waals surface area contributed by atoms with E-state index in [1.54, 1.807) is 5.48 Å². The van der Waals surface area contributed by atoms with E-state index in [9.17, 15) is 4.79 Å². The molecule has 170 valence electrons. The molecule has 2 aliphatic heterocycles. The molecule has 0 atom stereocenters. The highest BCUT2D eigenvalue weighted by atomic mass is 35.5. The summed E-state index contributed by atoms with van der Waals surface area (Å²) in [4.78, 5) is 24.8. The Kier molecular flexibility index (Phi) is 6.32. The van der Waals surface area contributed by atoms with Gasteiger partial charge in [0, 0.05) is 51.0 Å². The number of aryl methyl sites for hydroxylation is 1. The highest BCUT2D eigenvalue weighted by Gasteiger charge is 2.41. The van der Waals surface area contributed by atoms with Gasteiger partial charge in [0.05, 0.1) is 16.8 Å². The van der Waals surface area contributed by atoms with Crippen LogP contribution < -0.4 is 10.4 Å². The summed E-state index contributed by atoms with van der Waals surface area (Å²) >= 11 is 0. The highest BCUT2D eigenvalue weighted by Crippen LogP contribution is 2.41. The maximum Gasteiger partial charge on any atom is 0.277 e. The molecule has 4 heterocycles. The van der Waals surface area contributed by atoms with Crippen LogP contribution in [0.5, 0.6) is 0 Å². The first-order chi connectivity index (χ1) is 15.1. The topological polar surface area (TPSA) is 99.4 Å². The molecule has 0 bridgehead atoms. The van der Waals surface area contributed by atoms with Gasteiger partial charge in [0.1, 0.15) is 0 Å². The summed E-state index contributed by atoms with van der Waals surface area (Å²) in [6, 6.07) is 8.43. The lowest BCUT2D eigenvalue weighted by Crippen LogP contribution is -2.42. The second kappa shape index (κ2) is 9.01. The van der Waals surface area contributed by atoms with Gasteiger partial charge in [0.25, 0.3) is 5.91 Å². The predicted octanol–water partition coefficient (Wildman–Crippen LogP) is 2.40. The molecule has 2 saturated heterocycles. The quantitative estimate of drug-likeness (QED) is 0.458. The molecule has 2 aliphatic rings. The summed E-state index contributed by atoms with van der Waals surface area (Å²) in [6.07, 6.45) is 6.32. The highest BCUT2D eigenvalue weighted by molar-refractivity contribution is 5.92. The number of anilines is 1. The minimum atomic E-state index is -0.601. The number of likely N-dealkylation sites (tertiary alicyclic amines) is 1. The Labute approximate surface area is 192 Å². The second-order valence-corrected chi connectivity index (χ2v) is 8.75. The molecule has 2 fully saturated rings. The lowest BCUT2D eigenvalue weighted by molar-refractivity contribution is 0.0705. The Morgan fingerprint density at radius 1 is 1.12 bits per heavy atom. The fraction of sp³-hybridized carbons (Fsp3) is 0.455. The molecular formula is C22H28ClN7O2. The second-order valence-electron chi connectivity index (χ2n) is 8.75. The average Bonchev–Trinajstić information content (AvgIpc) is 3.35. The molecule has 32 heavy (non-hydrogen) atoms. The van der Waals surface area contributed by atoms with Gasteiger partial charge in [-0.05, 0) is 37.3 Å². The predicted molar refractivity (Wildman–Crippen MR) is 123 cm³/mol. The Morgan fingerprint density at radius 3 is 2.53 bits per heavy atom. The van der Waals surface area contributed by atoms with Crippen molar-refractivity contribution in [2.45, 2.75) is 25.8 Å². The van der Waals surface area contributed by atoms with Gasteiger partial charge in [-0.1, -0.05) is 18.2 Å². The van der Waals surface area contributed by atoms with Crippen LogP contribution in [-0.2, 0) is 13.6 Å². The molecule has 5 rings (SSSR count). The van der Waals surface area contributed by atoms with Gasteiger partial charge >= 0.3 is 0 Å². The molecule has 2 aromatic heterocycles. The number of nitrogens with zero attached hydrogens (tertiary/aromatic N) is 6. The van der Waals surface area contributed by atoms with Crippen molar-refractivity contribution < 1.29 is 10.0 Å². The number of amides is 1. The number of rotatable bonds is 4. The van der Waals surface area contributed by atoms with E-state index in [1.807, 2.05) is 11.7 Å². The first-order valence-corrected chi connectivity index (χ1v) is 10.7. The van der Waals surface area contributed by atoms with Gasteiger partial charge in [-0.3, -0.25) is 19.6 Å². The van der Waals surface area contributed by atoms with Gasteiger partial charge in [-0.2, -0.15) is 5.10 Å². The molecule has 1 aromatic carbocycles. The summed E-state index contributed by atoms with van der Waals surface area (Å²) in [5.74, 6) is 0.0371. The van der Waals surface area contributed by atoms with Gasteiger partial charge in [0.2, 0.25) is 5.95 Å². The van der Waals surface area contributed by atoms with E-state index in [2.05, 4.69) is 44.0 Å². The summed E-state index contributed by atoms with van der Waals surface area (Å²) < 4.78 is 1.98. The fourth-order valence-corrected chi connectivity index (χ4v) is 5.04. The van der Waals surface area contributed by atoms with Crippen molar-refractivity contribution in [2.75, 3.05) is 31.1 Å². The molecule has 0 saturated carbocycles. The number of hydrogen-bond acceptors (Lipinski definition) is 7. The number of carbonyl (C=O) groups is 1. The summed E-state index contributed by atoms with van der Waals surface area (Å²) in [6.45, 7) is 4.91. The lowest BCUT2D eigenvalue weighted by Gasteiger charge is -2.39. The number of hydroxylamine groups is 1. The Morgan fingerprint density at radius 2 is 1.81 bits per heavy atom. The van der Waals surface area contributed by atoms with Crippen LogP contribution in [0.25, 0.3) is 10.9 Å². The van der Waals surface area contributed by atoms with Crippen molar-refractivity contribution in [3.8, 4) is 0 Å². The number of para-hydroxylation sites is 1. The number of aromatic nitrogens is 4. The molecule has 9 nitrogen and oxygen atoms in total. The molecule has 0 radical (unpaired) electrons. The van der Waals surface area contributed by atoms with Gasteiger partial charge in [0.15, 0.2) is 0 Å². The number of halogens is 1. The fourth-order valence-electron chi connectivity index (χ4n) is 5.04. The van der Waals surface area contributed by atoms with Crippen molar-refractivity contribution in [1.82, 2.24) is 30.1 Å². The van der Waals surface area contributed by atoms with Crippen LogP contribution in [0, 0.1) is 5.41 Å². The van der Waals surface area contributed by atoms with Crippen LogP contribution in [0.4, 0.5) is 5.95 Å². The Bertz CT molecular complexity index is 1090. The molecule has 3 aromatic rings. The van der Waals surface area contributed by atoms with E-state index in [0.29, 0.717) is 11.4 Å². The van der Waals surface area contributed by atoms with E-state index in [1.165, 1.54) is 29.7 Å². The molecule has 1 amide bonds. The van der Waals surface area contributed by atoms with Gasteiger partial charge < -0.3 is 4.90 Å². The van der Waals surface area contributed by atoms with Crippen molar-refractivity contribution in [3.05, 3.63) is 47.9 Å². The smallest absolute Gasteiger partial charge is 0.277 e. The van der Waals surface area contributed by atoms with E-state index in [4.69, 9.17) is 10.3 Å². The first-order valence-electron chi connectivity index (χ1n) is 10.7. The first kappa shape index (κ1) is 22.4. The third-order valence-corrected chi connectivity index (χ3v) is 6.83. The molecule has 10 heteroatoms. The van der Waals surface area contributed by atoms with Crippen LogP contribution >= 0.6 is 12.4 Å². The number of fused-ring (bicyclic) bond motifs is 1. The molecule has 0 aliphatic carbocycles. The SMILES string of the molecule is Cl.Cn1nc(CN2CCC3(CCN(c4ncc(C(=O)NO)cn4)CC3)C2)c2ccccc21. The molecule has 1 spiro atoms. The van der Waals surface area contributed by atoms with E-state index in [-0.39, 0.29) is 18.0 Å². The van der Waals surface area contributed by atoms with E-state index < -0.39 is 5.91 Å². The van der Waals surface area contributed by atoms with Crippen LogP contribution in [0.15, 0.2) is 36.7 Å². The number of piperidine rings is 1. The van der Waals surface area contributed by atoms with Crippen LogP contribution in [0.2, 0.25) is 0 Å². The summed E-state index contributed by atoms with van der Waals surface area (Å²) in [7, 11) is 2.01. The van der Waals surface area contributed by atoms with E-state index in [0.717, 1.165) is 51.3 Å². The molecular weight excluding hydrogens is 430 g/mol. The number of hydrogen-bond donors (Lipinski definition) is 2. The van der Waals surface area contributed by atoms with Gasteiger partial charge in [-0.15, -0.1) is 12.4 Å². The Balaban J connectivity index is 0.00000245. The lowest BCUT2D eigenvalue weighted by atomic mass is 9.78. The van der Waals surface area contributed by atoms with Crippen molar-refractivity contribution in [2.24, 2.45) is 12.5 Å². The molecule has 0 unspecified atom stereocenters. The zero-order valence-electron chi connectivity index (χ0n) is 18.1. The van der Waals surface area contributed by atoms with Crippen LogP contribution in [0.1, 0.15) is 35.3 Å². The summed E-state index contributed by atoms with van der Waals surface area (Å²) in [5, 5.41) is 14.7. The van der Waals surface area contributed by atoms with Crippen molar-refractivity contribution >= 4 is 35.2 Å².